The summed E-state index contributed by atoms with van der Waals surface area (Å²) in [5.74, 6) is -0.828. The molecule has 6 nitrogen and oxygen atoms in total. The van der Waals surface area contributed by atoms with Crippen LogP contribution in [0.15, 0.2) is 24.3 Å². The van der Waals surface area contributed by atoms with E-state index in [4.69, 9.17) is 5.11 Å². The number of rotatable bonds is 10. The predicted octanol–water partition coefficient (Wildman–Crippen LogP) is 3.62. The SMILES string of the molecule is CCCCCCCC(=O)O.CN(C)C(c1ccccc1O)(N(C)C)N(C)C. The van der Waals surface area contributed by atoms with Gasteiger partial charge in [-0.3, -0.25) is 19.5 Å². The highest BCUT2D eigenvalue weighted by Crippen LogP contribution is 2.36. The molecule has 0 unspecified atom stereocenters. The van der Waals surface area contributed by atoms with Crippen molar-refractivity contribution in [1.82, 2.24) is 14.7 Å². The van der Waals surface area contributed by atoms with Crippen molar-refractivity contribution in [2.75, 3.05) is 42.3 Å². The van der Waals surface area contributed by atoms with E-state index in [9.17, 15) is 9.90 Å². The molecular formula is C21H39N3O3. The van der Waals surface area contributed by atoms with E-state index in [-0.39, 0.29) is 0 Å². The van der Waals surface area contributed by atoms with Gasteiger partial charge in [0.15, 0.2) is 5.79 Å². The fourth-order valence-electron chi connectivity index (χ4n) is 3.56. The molecule has 1 aromatic rings. The van der Waals surface area contributed by atoms with Crippen molar-refractivity contribution in [2.24, 2.45) is 0 Å². The Morgan fingerprint density at radius 3 is 1.78 bits per heavy atom. The molecule has 0 saturated heterocycles. The van der Waals surface area contributed by atoms with Crippen LogP contribution in [0.1, 0.15) is 51.0 Å². The summed E-state index contributed by atoms with van der Waals surface area (Å²) in [5.41, 5.74) is 0.875. The molecule has 0 radical (unpaired) electrons. The molecule has 6 heteroatoms. The molecule has 0 fully saturated rings. The lowest BCUT2D eigenvalue weighted by atomic mass is 10.0. The number of phenolic OH excluding ortho intramolecular Hbond substituents is 1. The first-order valence-electron chi connectivity index (χ1n) is 9.64. The molecule has 0 amide bonds. The number of unbranched alkanes of at least 4 members (excludes halogenated alkanes) is 4. The summed E-state index contributed by atoms with van der Waals surface area (Å²) in [6, 6.07) is 7.46. The van der Waals surface area contributed by atoms with Gasteiger partial charge in [0.25, 0.3) is 0 Å². The number of para-hydroxylation sites is 1. The highest BCUT2D eigenvalue weighted by atomic mass is 16.4. The number of aromatic hydroxyl groups is 1. The number of carboxylic acids is 1. The average Bonchev–Trinajstić information content (AvgIpc) is 2.56. The van der Waals surface area contributed by atoms with Gasteiger partial charge >= 0.3 is 5.97 Å². The normalized spacial score (nSPS) is 11.6. The van der Waals surface area contributed by atoms with E-state index in [1.54, 1.807) is 6.07 Å². The predicted molar refractivity (Wildman–Crippen MR) is 112 cm³/mol. The Balaban J connectivity index is 0.000000580. The summed E-state index contributed by atoms with van der Waals surface area (Å²) in [5, 5.41) is 18.4. The highest BCUT2D eigenvalue weighted by molar-refractivity contribution is 5.66. The Labute approximate surface area is 165 Å². The van der Waals surface area contributed by atoms with Gasteiger partial charge in [-0.1, -0.05) is 50.8 Å². The summed E-state index contributed by atoms with van der Waals surface area (Å²) in [6.45, 7) is 2.15. The third-order valence-corrected chi connectivity index (χ3v) is 4.63. The number of nitrogens with zero attached hydrogens (tertiary/aromatic N) is 3. The zero-order valence-electron chi connectivity index (χ0n) is 18.2. The first-order chi connectivity index (χ1) is 12.6. The third kappa shape index (κ3) is 7.48. The molecular weight excluding hydrogens is 342 g/mol. The molecule has 0 aromatic heterocycles. The Bertz CT molecular complexity index is 523. The van der Waals surface area contributed by atoms with Crippen LogP contribution in [0.3, 0.4) is 0 Å². The van der Waals surface area contributed by atoms with Crippen molar-refractivity contribution in [2.45, 2.75) is 51.2 Å². The van der Waals surface area contributed by atoms with Crippen molar-refractivity contribution < 1.29 is 15.0 Å². The summed E-state index contributed by atoms with van der Waals surface area (Å²) in [6.07, 6.45) is 5.88. The van der Waals surface area contributed by atoms with Crippen molar-refractivity contribution in [3.05, 3.63) is 29.8 Å². The van der Waals surface area contributed by atoms with E-state index in [2.05, 4.69) is 21.6 Å². The minimum atomic E-state index is -0.670. The zero-order valence-corrected chi connectivity index (χ0v) is 18.2. The minimum absolute atomic E-state index is 0.309. The number of hydrogen-bond donors (Lipinski definition) is 2. The van der Waals surface area contributed by atoms with Gasteiger partial charge in [0, 0.05) is 12.0 Å². The molecule has 156 valence electrons. The molecule has 0 heterocycles. The van der Waals surface area contributed by atoms with Gasteiger partial charge in [0.1, 0.15) is 5.75 Å². The van der Waals surface area contributed by atoms with E-state index in [0.29, 0.717) is 12.2 Å². The van der Waals surface area contributed by atoms with Crippen LogP contribution in [0, 0.1) is 0 Å². The Morgan fingerprint density at radius 1 is 0.889 bits per heavy atom. The fourth-order valence-corrected chi connectivity index (χ4v) is 3.56. The first kappa shape index (κ1) is 25.4. The topological polar surface area (TPSA) is 67.2 Å². The van der Waals surface area contributed by atoms with Gasteiger partial charge in [-0.15, -0.1) is 0 Å². The van der Waals surface area contributed by atoms with Crippen LogP contribution in [-0.4, -0.2) is 73.2 Å². The lowest BCUT2D eigenvalue weighted by Gasteiger charge is -2.50. The molecule has 27 heavy (non-hydrogen) atoms. The van der Waals surface area contributed by atoms with E-state index < -0.39 is 11.8 Å². The van der Waals surface area contributed by atoms with Gasteiger partial charge in [-0.25, -0.2) is 0 Å². The number of aliphatic carboxylic acids is 1. The second-order valence-electron chi connectivity index (χ2n) is 7.39. The summed E-state index contributed by atoms with van der Waals surface area (Å²) < 4.78 is 0. The number of carbonyl (C=O) groups is 1. The van der Waals surface area contributed by atoms with E-state index in [1.807, 2.05) is 60.5 Å². The molecule has 1 rings (SSSR count). The van der Waals surface area contributed by atoms with Gasteiger partial charge in [0.2, 0.25) is 0 Å². The molecule has 0 saturated carbocycles. The number of phenols is 1. The Hall–Kier alpha value is -1.63. The Kier molecular flexibility index (Phi) is 11.9. The van der Waals surface area contributed by atoms with Crippen molar-refractivity contribution in [3.63, 3.8) is 0 Å². The summed E-state index contributed by atoms with van der Waals surface area (Å²) >= 11 is 0. The quantitative estimate of drug-likeness (QED) is 0.477. The van der Waals surface area contributed by atoms with Gasteiger partial charge in [0.05, 0.1) is 0 Å². The third-order valence-electron chi connectivity index (χ3n) is 4.63. The first-order valence-corrected chi connectivity index (χ1v) is 9.64. The number of benzene rings is 1. The second-order valence-corrected chi connectivity index (χ2v) is 7.39. The molecule has 2 N–H and O–H groups in total. The van der Waals surface area contributed by atoms with Crippen LogP contribution >= 0.6 is 0 Å². The van der Waals surface area contributed by atoms with E-state index >= 15 is 0 Å². The largest absolute Gasteiger partial charge is 0.507 e. The standard InChI is InChI=1S/C13H23N3O.C8H16O2/c1-14(2)13(15(3)4,16(5)6)11-9-7-8-10-12(11)17;1-2-3-4-5-6-7-8(9)10/h7-10,17H,1-6H3;2-7H2,1H3,(H,9,10). The van der Waals surface area contributed by atoms with E-state index in [1.165, 1.54) is 19.3 Å². The molecule has 0 bridgehead atoms. The lowest BCUT2D eigenvalue weighted by Crippen LogP contribution is -2.61. The molecule has 0 atom stereocenters. The average molecular weight is 382 g/mol. The van der Waals surface area contributed by atoms with Gasteiger partial charge < -0.3 is 10.2 Å². The Morgan fingerprint density at radius 2 is 1.37 bits per heavy atom. The van der Waals surface area contributed by atoms with Crippen LogP contribution in [0.25, 0.3) is 0 Å². The van der Waals surface area contributed by atoms with E-state index in [0.717, 1.165) is 18.4 Å². The molecule has 0 spiro atoms. The van der Waals surface area contributed by atoms with Crippen LogP contribution in [0.4, 0.5) is 0 Å². The molecule has 0 aliphatic carbocycles. The van der Waals surface area contributed by atoms with Crippen LogP contribution < -0.4 is 0 Å². The lowest BCUT2D eigenvalue weighted by molar-refractivity contribution is -0.137. The molecule has 0 aliphatic heterocycles. The van der Waals surface area contributed by atoms with Gasteiger partial charge in [-0.2, -0.15) is 0 Å². The highest BCUT2D eigenvalue weighted by Gasteiger charge is 2.41. The van der Waals surface area contributed by atoms with Crippen LogP contribution in [0.2, 0.25) is 0 Å². The maximum atomic E-state index is 10.1. The zero-order chi connectivity index (χ0) is 21.0. The molecule has 1 aromatic carbocycles. The fraction of sp³-hybridized carbons (Fsp3) is 0.667. The van der Waals surface area contributed by atoms with Crippen molar-refractivity contribution >= 4 is 5.97 Å². The summed E-state index contributed by atoms with van der Waals surface area (Å²) in [4.78, 5) is 16.3. The maximum Gasteiger partial charge on any atom is 0.303 e. The van der Waals surface area contributed by atoms with Crippen LogP contribution in [-0.2, 0) is 10.6 Å². The minimum Gasteiger partial charge on any atom is -0.507 e. The number of hydrogen-bond acceptors (Lipinski definition) is 5. The molecule has 0 aliphatic rings. The number of carboxylic acid groups (broad SMARTS) is 1. The smallest absolute Gasteiger partial charge is 0.303 e. The van der Waals surface area contributed by atoms with Crippen molar-refractivity contribution in [1.29, 1.82) is 0 Å². The van der Waals surface area contributed by atoms with Crippen LogP contribution in [0.5, 0.6) is 5.75 Å². The van der Waals surface area contributed by atoms with Gasteiger partial charge in [-0.05, 0) is 54.8 Å². The second kappa shape index (κ2) is 12.7. The maximum absolute atomic E-state index is 10.1. The van der Waals surface area contributed by atoms with Crippen molar-refractivity contribution in [3.8, 4) is 5.75 Å². The monoisotopic (exact) mass is 381 g/mol. The summed E-state index contributed by atoms with van der Waals surface area (Å²) in [7, 11) is 12.0.